The van der Waals surface area contributed by atoms with Crippen LogP contribution >= 0.6 is 22.7 Å². The van der Waals surface area contributed by atoms with Crippen molar-refractivity contribution in [3.05, 3.63) is 22.5 Å². The molecule has 4 nitrogen and oxygen atoms in total. The lowest BCUT2D eigenvalue weighted by atomic mass is 10.2. The molecule has 20 heavy (non-hydrogen) atoms. The van der Waals surface area contributed by atoms with Gasteiger partial charge >= 0.3 is 0 Å². The van der Waals surface area contributed by atoms with Crippen molar-refractivity contribution in [2.45, 2.75) is 13.0 Å². The van der Waals surface area contributed by atoms with Crippen LogP contribution in [0, 0.1) is 6.92 Å². The molecule has 2 aromatic heterocycles. The molecule has 0 radical (unpaired) electrons. The second kappa shape index (κ2) is 5.65. The van der Waals surface area contributed by atoms with Crippen molar-refractivity contribution in [3.8, 4) is 5.75 Å². The van der Waals surface area contributed by atoms with Gasteiger partial charge in [-0.1, -0.05) is 0 Å². The number of aryl methyl sites for hydroxylation is 1. The van der Waals surface area contributed by atoms with E-state index in [0.29, 0.717) is 13.2 Å². The zero-order valence-corrected chi connectivity index (χ0v) is 13.0. The summed E-state index contributed by atoms with van der Waals surface area (Å²) < 4.78 is 13.5. The van der Waals surface area contributed by atoms with Crippen LogP contribution in [0.25, 0.3) is 20.3 Å². The average Bonchev–Trinajstić information content (AvgIpc) is 3.03. The van der Waals surface area contributed by atoms with Gasteiger partial charge in [0.05, 0.1) is 26.5 Å². The number of hydrogen-bond acceptors (Lipinski definition) is 6. The summed E-state index contributed by atoms with van der Waals surface area (Å²) in [4.78, 5) is 4.61. The van der Waals surface area contributed by atoms with Crippen LogP contribution in [0.5, 0.6) is 5.75 Å². The highest BCUT2D eigenvalue weighted by atomic mass is 32.1. The van der Waals surface area contributed by atoms with Crippen molar-refractivity contribution >= 4 is 43.0 Å². The highest BCUT2D eigenvalue weighted by Gasteiger charge is 2.15. The number of nitrogens with two attached hydrogens (primary N) is 1. The van der Waals surface area contributed by atoms with Crippen molar-refractivity contribution in [2.24, 2.45) is 5.73 Å². The number of fused-ring (bicyclic) bond motifs is 3. The number of aromatic nitrogens is 1. The molecule has 1 unspecified atom stereocenters. The minimum atomic E-state index is -0.130. The Hall–Kier alpha value is -1.21. The summed E-state index contributed by atoms with van der Waals surface area (Å²) in [6, 6.07) is 4.14. The summed E-state index contributed by atoms with van der Waals surface area (Å²) in [5, 5.41) is 4.24. The second-order valence-corrected chi connectivity index (χ2v) is 6.70. The number of ether oxygens (including phenoxy) is 2. The molecular weight excluding hydrogens is 292 g/mol. The molecule has 0 amide bonds. The van der Waals surface area contributed by atoms with Crippen LogP contribution in [0.2, 0.25) is 0 Å². The van der Waals surface area contributed by atoms with Gasteiger partial charge in [-0.15, -0.1) is 22.7 Å². The third-order valence-electron chi connectivity index (χ3n) is 3.08. The second-order valence-electron chi connectivity index (χ2n) is 4.55. The van der Waals surface area contributed by atoms with E-state index in [4.69, 9.17) is 15.2 Å². The van der Waals surface area contributed by atoms with Crippen LogP contribution in [0.1, 0.15) is 5.01 Å². The molecule has 2 N–H and O–H groups in total. The summed E-state index contributed by atoms with van der Waals surface area (Å²) in [6.45, 7) is 2.94. The Labute approximate surface area is 125 Å². The molecule has 0 bridgehead atoms. The molecule has 3 rings (SSSR count). The van der Waals surface area contributed by atoms with Crippen molar-refractivity contribution in [3.63, 3.8) is 0 Å². The maximum Gasteiger partial charge on any atom is 0.134 e. The quantitative estimate of drug-likeness (QED) is 0.786. The van der Waals surface area contributed by atoms with Crippen molar-refractivity contribution in [1.29, 1.82) is 0 Å². The molecule has 106 valence electrons. The Morgan fingerprint density at radius 3 is 3.05 bits per heavy atom. The molecule has 0 saturated carbocycles. The van der Waals surface area contributed by atoms with E-state index in [1.54, 1.807) is 29.8 Å². The Balaban J connectivity index is 2.10. The van der Waals surface area contributed by atoms with Crippen molar-refractivity contribution < 1.29 is 9.47 Å². The third kappa shape index (κ3) is 2.40. The Morgan fingerprint density at radius 1 is 1.45 bits per heavy atom. The smallest absolute Gasteiger partial charge is 0.134 e. The van der Waals surface area contributed by atoms with Crippen LogP contribution < -0.4 is 10.5 Å². The van der Waals surface area contributed by atoms with Crippen molar-refractivity contribution in [1.82, 2.24) is 4.98 Å². The SMILES string of the molecule is COCC(CN)Oc1cc2sc(C)nc2c2sccc12. The summed E-state index contributed by atoms with van der Waals surface area (Å²) in [6.07, 6.45) is -0.130. The molecule has 3 aromatic rings. The Morgan fingerprint density at radius 2 is 2.30 bits per heavy atom. The van der Waals surface area contributed by atoms with Gasteiger partial charge in [0.25, 0.3) is 0 Å². The van der Waals surface area contributed by atoms with Gasteiger partial charge in [-0.3, -0.25) is 0 Å². The minimum absolute atomic E-state index is 0.130. The standard InChI is InChI=1S/C14H16N2O2S2/c1-8-16-13-12(20-8)5-11(10-3-4-19-14(10)13)18-9(6-15)7-17-2/h3-5,9H,6-7,15H2,1-2H3. The van der Waals surface area contributed by atoms with Gasteiger partial charge in [-0.2, -0.15) is 0 Å². The van der Waals surface area contributed by atoms with E-state index in [2.05, 4.69) is 22.5 Å². The first-order chi connectivity index (χ1) is 9.72. The fraction of sp³-hybridized carbons (Fsp3) is 0.357. The first-order valence-electron chi connectivity index (χ1n) is 6.36. The largest absolute Gasteiger partial charge is 0.486 e. The lowest BCUT2D eigenvalue weighted by molar-refractivity contribution is 0.0872. The Kier molecular flexibility index (Phi) is 3.89. The zero-order chi connectivity index (χ0) is 14.1. The molecule has 1 atom stereocenters. The van der Waals surface area contributed by atoms with Crippen LogP contribution in [-0.2, 0) is 4.74 Å². The number of thiophene rings is 1. The van der Waals surface area contributed by atoms with E-state index in [9.17, 15) is 0 Å². The van der Waals surface area contributed by atoms with E-state index >= 15 is 0 Å². The molecular formula is C14H16N2O2S2. The molecule has 2 heterocycles. The summed E-state index contributed by atoms with van der Waals surface area (Å²) >= 11 is 3.38. The predicted molar refractivity (Wildman–Crippen MR) is 85.1 cm³/mol. The lowest BCUT2D eigenvalue weighted by Gasteiger charge is -2.17. The minimum Gasteiger partial charge on any atom is -0.486 e. The lowest BCUT2D eigenvalue weighted by Crippen LogP contribution is -2.31. The zero-order valence-electron chi connectivity index (χ0n) is 11.4. The van der Waals surface area contributed by atoms with Crippen LogP contribution in [0.15, 0.2) is 17.5 Å². The number of thiazole rings is 1. The summed E-state index contributed by atoms with van der Waals surface area (Å²) in [5.74, 6) is 0.866. The molecule has 6 heteroatoms. The van der Waals surface area contributed by atoms with Crippen LogP contribution in [0.3, 0.4) is 0 Å². The molecule has 1 aromatic carbocycles. The number of nitrogens with zero attached hydrogens (tertiary/aromatic N) is 1. The van der Waals surface area contributed by atoms with E-state index in [1.165, 1.54) is 4.70 Å². The molecule has 0 saturated heterocycles. The van der Waals surface area contributed by atoms with Crippen molar-refractivity contribution in [2.75, 3.05) is 20.3 Å². The maximum absolute atomic E-state index is 6.03. The number of rotatable bonds is 5. The average molecular weight is 308 g/mol. The van der Waals surface area contributed by atoms with Gasteiger partial charge < -0.3 is 15.2 Å². The fourth-order valence-corrected chi connectivity index (χ4v) is 4.03. The first kappa shape index (κ1) is 13.8. The van der Waals surface area contributed by atoms with Crippen LogP contribution in [-0.4, -0.2) is 31.3 Å². The number of hydrogen-bond donors (Lipinski definition) is 1. The van der Waals surface area contributed by atoms with Gasteiger partial charge in [0.1, 0.15) is 11.9 Å². The number of methoxy groups -OCH3 is 1. The van der Waals surface area contributed by atoms with E-state index in [0.717, 1.165) is 26.4 Å². The summed E-state index contributed by atoms with van der Waals surface area (Å²) in [7, 11) is 1.65. The molecule has 0 spiro atoms. The molecule has 0 aliphatic heterocycles. The van der Waals surface area contributed by atoms with Gasteiger partial charge in [0.15, 0.2) is 0 Å². The topological polar surface area (TPSA) is 57.4 Å². The van der Waals surface area contributed by atoms with Crippen LogP contribution in [0.4, 0.5) is 0 Å². The normalized spacial score (nSPS) is 13.2. The van der Waals surface area contributed by atoms with E-state index in [-0.39, 0.29) is 6.10 Å². The van der Waals surface area contributed by atoms with Gasteiger partial charge in [0.2, 0.25) is 0 Å². The molecule has 0 aliphatic rings. The first-order valence-corrected chi connectivity index (χ1v) is 8.05. The maximum atomic E-state index is 6.03. The fourth-order valence-electron chi connectivity index (χ4n) is 2.20. The molecule has 0 aliphatic carbocycles. The monoisotopic (exact) mass is 308 g/mol. The third-order valence-corrected chi connectivity index (χ3v) is 4.92. The van der Waals surface area contributed by atoms with E-state index in [1.807, 2.05) is 6.92 Å². The predicted octanol–water partition coefficient (Wildman–Crippen LogP) is 3.17. The van der Waals surface area contributed by atoms with E-state index < -0.39 is 0 Å². The highest BCUT2D eigenvalue weighted by Crippen LogP contribution is 2.39. The Bertz CT molecular complexity index is 735. The number of benzene rings is 1. The highest BCUT2D eigenvalue weighted by molar-refractivity contribution is 7.21. The van der Waals surface area contributed by atoms with Gasteiger partial charge in [-0.05, 0) is 18.4 Å². The van der Waals surface area contributed by atoms with Gasteiger partial charge in [-0.25, -0.2) is 4.98 Å². The molecule has 0 fully saturated rings. The van der Waals surface area contributed by atoms with Gasteiger partial charge in [0, 0.05) is 25.1 Å². The summed E-state index contributed by atoms with van der Waals surface area (Å²) in [5.41, 5.74) is 6.80.